The van der Waals surface area contributed by atoms with Gasteiger partial charge >= 0.3 is 6.09 Å². The molecule has 1 spiro atoms. The van der Waals surface area contributed by atoms with Crippen LogP contribution in [0.4, 0.5) is 4.79 Å². The monoisotopic (exact) mass is 419 g/mol. The molecule has 0 radical (unpaired) electrons. The van der Waals surface area contributed by atoms with E-state index in [0.717, 1.165) is 29.9 Å². The van der Waals surface area contributed by atoms with Gasteiger partial charge in [0, 0.05) is 54.1 Å². The SMILES string of the molecule is CC(C)(C)OC(=O)N1CC2(CCn3nc(-c4cnc5[nH]cc(C6CCC6)c5c4)cc32)C1. The van der Waals surface area contributed by atoms with Gasteiger partial charge in [-0.05, 0) is 63.6 Å². The first kappa shape index (κ1) is 18.9. The van der Waals surface area contributed by atoms with Crippen LogP contribution in [0.3, 0.4) is 0 Å². The third-order valence-electron chi connectivity index (χ3n) is 7.17. The Morgan fingerprint density at radius 1 is 1.26 bits per heavy atom. The molecule has 2 fully saturated rings. The van der Waals surface area contributed by atoms with Gasteiger partial charge in [0.2, 0.25) is 0 Å². The maximum Gasteiger partial charge on any atom is 0.410 e. The lowest BCUT2D eigenvalue weighted by Gasteiger charge is -2.47. The van der Waals surface area contributed by atoms with E-state index in [4.69, 9.17) is 9.84 Å². The number of carbonyl (C=O) groups excluding carboxylic acids is 1. The minimum atomic E-state index is -0.466. The van der Waals surface area contributed by atoms with Gasteiger partial charge < -0.3 is 14.6 Å². The van der Waals surface area contributed by atoms with Crippen molar-refractivity contribution >= 4 is 17.1 Å². The normalized spacial score (nSPS) is 20.0. The van der Waals surface area contributed by atoms with E-state index in [2.05, 4.69) is 33.0 Å². The van der Waals surface area contributed by atoms with Gasteiger partial charge in [0.1, 0.15) is 11.2 Å². The Kier molecular flexibility index (Phi) is 3.87. The van der Waals surface area contributed by atoms with E-state index in [1.807, 2.05) is 31.9 Å². The van der Waals surface area contributed by atoms with E-state index in [1.165, 1.54) is 35.9 Å². The number of rotatable bonds is 2. The maximum absolute atomic E-state index is 12.4. The summed E-state index contributed by atoms with van der Waals surface area (Å²) in [6.07, 6.45) is 8.71. The molecule has 2 aliphatic heterocycles. The summed E-state index contributed by atoms with van der Waals surface area (Å²) in [5, 5.41) is 6.13. The fraction of sp³-hybridized carbons (Fsp3) is 0.542. The van der Waals surface area contributed by atoms with Gasteiger partial charge in [-0.1, -0.05) is 6.42 Å². The molecule has 5 heterocycles. The predicted octanol–water partition coefficient (Wildman–Crippen LogP) is 4.59. The van der Waals surface area contributed by atoms with Crippen LogP contribution in [0.15, 0.2) is 24.5 Å². The van der Waals surface area contributed by atoms with Gasteiger partial charge in [-0.2, -0.15) is 5.10 Å². The number of H-pyrrole nitrogens is 1. The number of nitrogens with zero attached hydrogens (tertiary/aromatic N) is 4. The summed E-state index contributed by atoms with van der Waals surface area (Å²) < 4.78 is 7.66. The Hall–Kier alpha value is -2.83. The largest absolute Gasteiger partial charge is 0.444 e. The number of aryl methyl sites for hydroxylation is 1. The van der Waals surface area contributed by atoms with E-state index in [9.17, 15) is 4.79 Å². The number of aromatic nitrogens is 4. The Balaban J connectivity index is 1.26. The Morgan fingerprint density at radius 3 is 2.77 bits per heavy atom. The number of ether oxygens (including phenoxy) is 1. The second-order valence-corrected chi connectivity index (χ2v) is 10.5. The van der Waals surface area contributed by atoms with Gasteiger partial charge in [-0.25, -0.2) is 9.78 Å². The Labute approximate surface area is 181 Å². The zero-order valence-electron chi connectivity index (χ0n) is 18.4. The van der Waals surface area contributed by atoms with E-state index in [1.54, 1.807) is 0 Å². The lowest BCUT2D eigenvalue weighted by molar-refractivity contribution is -0.00969. The fourth-order valence-electron chi connectivity index (χ4n) is 5.28. The predicted molar refractivity (Wildman–Crippen MR) is 118 cm³/mol. The Morgan fingerprint density at radius 2 is 2.06 bits per heavy atom. The second kappa shape index (κ2) is 6.34. The second-order valence-electron chi connectivity index (χ2n) is 10.5. The standard InChI is InChI=1S/C24H29N5O2/c1-23(2,3)31-22(30)28-13-24(14-28)7-8-29-20(24)10-19(27-29)16-9-17-18(15-5-4-6-15)12-26-21(17)25-11-16/h9-12,15H,4-8,13-14H2,1-3H3,(H,25,26). The number of aromatic amines is 1. The molecular weight excluding hydrogens is 390 g/mol. The molecule has 1 amide bonds. The molecule has 0 unspecified atom stereocenters. The van der Waals surface area contributed by atoms with E-state index in [-0.39, 0.29) is 11.5 Å². The van der Waals surface area contributed by atoms with Crippen LogP contribution in [0.1, 0.15) is 63.6 Å². The zero-order valence-corrected chi connectivity index (χ0v) is 18.4. The number of amides is 1. The lowest BCUT2D eigenvalue weighted by Crippen LogP contribution is -2.61. The zero-order chi connectivity index (χ0) is 21.4. The highest BCUT2D eigenvalue weighted by molar-refractivity contribution is 5.84. The van der Waals surface area contributed by atoms with Gasteiger partial charge in [0.25, 0.3) is 0 Å². The number of hydrogen-bond donors (Lipinski definition) is 1. The van der Waals surface area contributed by atoms with Crippen molar-refractivity contribution in [1.29, 1.82) is 0 Å². The van der Waals surface area contributed by atoms with E-state index >= 15 is 0 Å². The van der Waals surface area contributed by atoms with Crippen molar-refractivity contribution < 1.29 is 9.53 Å². The van der Waals surface area contributed by atoms with Crippen LogP contribution in [0, 0.1) is 0 Å². The molecule has 1 saturated carbocycles. The number of fused-ring (bicyclic) bond motifs is 3. The molecule has 1 aliphatic carbocycles. The van der Waals surface area contributed by atoms with Crippen molar-refractivity contribution in [2.24, 2.45) is 0 Å². The van der Waals surface area contributed by atoms with Crippen LogP contribution < -0.4 is 0 Å². The topological polar surface area (TPSA) is 76.0 Å². The quantitative estimate of drug-likeness (QED) is 0.659. The van der Waals surface area contributed by atoms with E-state index in [0.29, 0.717) is 19.0 Å². The molecule has 0 bridgehead atoms. The summed E-state index contributed by atoms with van der Waals surface area (Å²) >= 11 is 0. The third kappa shape index (κ3) is 2.97. The van der Waals surface area contributed by atoms with Crippen molar-refractivity contribution in [1.82, 2.24) is 24.6 Å². The molecule has 7 heteroatoms. The number of carbonyl (C=O) groups is 1. The summed E-state index contributed by atoms with van der Waals surface area (Å²) in [6, 6.07) is 4.45. The van der Waals surface area contributed by atoms with Crippen LogP contribution >= 0.6 is 0 Å². The minimum absolute atomic E-state index is 0.00482. The van der Waals surface area contributed by atoms with Crippen LogP contribution in [0.5, 0.6) is 0 Å². The number of likely N-dealkylation sites (tertiary alicyclic amines) is 1. The summed E-state index contributed by atoms with van der Waals surface area (Å²) in [7, 11) is 0. The first-order valence-corrected chi connectivity index (χ1v) is 11.4. The van der Waals surface area contributed by atoms with E-state index < -0.39 is 5.60 Å². The smallest absolute Gasteiger partial charge is 0.410 e. The van der Waals surface area contributed by atoms with Crippen molar-refractivity contribution in [2.45, 2.75) is 69.9 Å². The molecule has 3 aromatic heterocycles. The molecule has 3 aromatic rings. The number of hydrogen-bond acceptors (Lipinski definition) is 4. The van der Waals surface area contributed by atoms with Crippen molar-refractivity contribution in [3.63, 3.8) is 0 Å². The van der Waals surface area contributed by atoms with Crippen molar-refractivity contribution in [2.75, 3.05) is 13.1 Å². The molecule has 1 N–H and O–H groups in total. The molecule has 162 valence electrons. The molecular formula is C24H29N5O2. The van der Waals surface area contributed by atoms with Crippen molar-refractivity contribution in [3.8, 4) is 11.3 Å². The first-order valence-electron chi connectivity index (χ1n) is 11.4. The van der Waals surface area contributed by atoms with Gasteiger partial charge in [0.15, 0.2) is 0 Å². The van der Waals surface area contributed by atoms with Gasteiger partial charge in [-0.3, -0.25) is 4.68 Å². The summed E-state index contributed by atoms with van der Waals surface area (Å²) in [6.45, 7) is 8.02. The third-order valence-corrected chi connectivity index (χ3v) is 7.17. The Bertz CT molecular complexity index is 1170. The minimum Gasteiger partial charge on any atom is -0.444 e. The van der Waals surface area contributed by atoms with Gasteiger partial charge in [-0.15, -0.1) is 0 Å². The summed E-state index contributed by atoms with van der Waals surface area (Å²) in [4.78, 5) is 22.2. The van der Waals surface area contributed by atoms with Crippen LogP contribution in [-0.2, 0) is 16.7 Å². The first-order chi connectivity index (χ1) is 14.8. The maximum atomic E-state index is 12.4. The molecule has 7 nitrogen and oxygen atoms in total. The van der Waals surface area contributed by atoms with Crippen LogP contribution in [0.2, 0.25) is 0 Å². The molecule has 0 aromatic carbocycles. The number of nitrogens with one attached hydrogen (secondary N) is 1. The molecule has 31 heavy (non-hydrogen) atoms. The van der Waals surface area contributed by atoms with Crippen LogP contribution in [-0.4, -0.2) is 49.4 Å². The molecule has 3 aliphatic rings. The summed E-state index contributed by atoms with van der Waals surface area (Å²) in [5.74, 6) is 0.662. The van der Waals surface area contributed by atoms with Crippen molar-refractivity contribution in [3.05, 3.63) is 35.8 Å². The lowest BCUT2D eigenvalue weighted by atomic mass is 9.76. The van der Waals surface area contributed by atoms with Crippen LogP contribution in [0.25, 0.3) is 22.3 Å². The molecule has 1 saturated heterocycles. The highest BCUT2D eigenvalue weighted by atomic mass is 16.6. The highest BCUT2D eigenvalue weighted by Gasteiger charge is 2.52. The number of pyridine rings is 1. The molecule has 6 rings (SSSR count). The molecule has 0 atom stereocenters. The average Bonchev–Trinajstić information content (AvgIpc) is 3.30. The van der Waals surface area contributed by atoms with Gasteiger partial charge in [0.05, 0.1) is 5.69 Å². The highest BCUT2D eigenvalue weighted by Crippen LogP contribution is 2.45. The fourth-order valence-corrected chi connectivity index (χ4v) is 5.28. The average molecular weight is 420 g/mol. The summed E-state index contributed by atoms with van der Waals surface area (Å²) in [5.41, 5.74) is 5.16.